The van der Waals surface area contributed by atoms with E-state index in [9.17, 15) is 9.59 Å². The Bertz CT molecular complexity index is 1240. The molecule has 1 aromatic heterocycles. The van der Waals surface area contributed by atoms with E-state index in [4.69, 9.17) is 18.9 Å². The number of para-hydroxylation sites is 4. The first kappa shape index (κ1) is 28.3. The molecule has 2 aliphatic rings. The number of amides is 2. The molecule has 0 bridgehead atoms. The summed E-state index contributed by atoms with van der Waals surface area (Å²) in [6.45, 7) is 4.10. The highest BCUT2D eigenvalue weighted by Gasteiger charge is 2.29. The molecule has 2 aliphatic heterocycles. The normalized spacial score (nSPS) is 18.0. The van der Waals surface area contributed by atoms with E-state index in [0.717, 1.165) is 0 Å². The Morgan fingerprint density at radius 3 is 1.78 bits per heavy atom. The maximum absolute atomic E-state index is 13.4. The Morgan fingerprint density at radius 2 is 1.32 bits per heavy atom. The molecule has 11 heteroatoms. The van der Waals surface area contributed by atoms with Gasteiger partial charge in [0, 0.05) is 32.5 Å². The lowest BCUT2D eigenvalue weighted by atomic mass is 10.2. The third-order valence-corrected chi connectivity index (χ3v) is 7.25. The number of benzene rings is 2. The molecular weight excluding hydrogens is 526 g/mol. The molecular formula is C30H37N5O6. The van der Waals surface area contributed by atoms with E-state index >= 15 is 0 Å². The number of nitrogens with zero attached hydrogens (tertiary/aromatic N) is 5. The Kier molecular flexibility index (Phi) is 8.93. The number of fused-ring (bicyclic) bond motifs is 2. The van der Waals surface area contributed by atoms with Crippen molar-refractivity contribution < 1.29 is 28.5 Å². The molecule has 3 aromatic rings. The Hall–Kier alpha value is -4.25. The summed E-state index contributed by atoms with van der Waals surface area (Å²) in [5, 5.41) is 4.30. The van der Waals surface area contributed by atoms with Gasteiger partial charge in [-0.15, -0.1) is 0 Å². The van der Waals surface area contributed by atoms with Crippen LogP contribution in [0.25, 0.3) is 0 Å². The lowest BCUT2D eigenvalue weighted by Crippen LogP contribution is -2.51. The molecule has 218 valence electrons. The van der Waals surface area contributed by atoms with Crippen molar-refractivity contribution in [3.05, 3.63) is 67.0 Å². The van der Waals surface area contributed by atoms with Gasteiger partial charge in [-0.25, -0.2) is 0 Å². The molecule has 0 N–H and O–H groups in total. The summed E-state index contributed by atoms with van der Waals surface area (Å²) in [7, 11) is 3.49. The van der Waals surface area contributed by atoms with Crippen LogP contribution >= 0.6 is 0 Å². The predicted molar refractivity (Wildman–Crippen MR) is 151 cm³/mol. The van der Waals surface area contributed by atoms with Crippen molar-refractivity contribution in [2.24, 2.45) is 0 Å². The van der Waals surface area contributed by atoms with Crippen LogP contribution in [0, 0.1) is 0 Å². The Balaban J connectivity index is 1.18. The molecule has 2 amide bonds. The number of likely N-dealkylation sites (N-methyl/N-ethyl adjacent to an activating group) is 2. The first-order valence-electron chi connectivity index (χ1n) is 13.8. The van der Waals surface area contributed by atoms with Crippen LogP contribution < -0.4 is 18.9 Å². The molecule has 41 heavy (non-hydrogen) atoms. The number of carbonyl (C=O) groups excluding carboxylic acids is 2. The van der Waals surface area contributed by atoms with Crippen molar-refractivity contribution in [1.82, 2.24) is 24.5 Å². The van der Waals surface area contributed by atoms with Gasteiger partial charge in [0.05, 0.1) is 32.7 Å². The topological polar surface area (TPSA) is 98.6 Å². The third kappa shape index (κ3) is 7.29. The third-order valence-electron chi connectivity index (χ3n) is 7.25. The molecule has 5 rings (SSSR count). The van der Waals surface area contributed by atoms with Gasteiger partial charge in [0.25, 0.3) is 0 Å². The van der Waals surface area contributed by atoms with E-state index in [0.29, 0.717) is 55.8 Å². The lowest BCUT2D eigenvalue weighted by molar-refractivity contribution is -0.137. The zero-order chi connectivity index (χ0) is 28.8. The van der Waals surface area contributed by atoms with E-state index in [1.807, 2.05) is 72.6 Å². The molecule has 11 nitrogen and oxygen atoms in total. The zero-order valence-corrected chi connectivity index (χ0v) is 23.7. The maximum Gasteiger partial charge on any atom is 0.236 e. The molecule has 2 aromatic carbocycles. The highest BCUT2D eigenvalue weighted by molar-refractivity contribution is 5.81. The number of carbonyl (C=O) groups is 2. The van der Waals surface area contributed by atoms with Crippen LogP contribution in [-0.4, -0.2) is 108 Å². The molecule has 0 unspecified atom stereocenters. The number of ether oxygens (including phenoxy) is 4. The van der Waals surface area contributed by atoms with Gasteiger partial charge < -0.3 is 28.7 Å². The average molecular weight is 564 g/mol. The summed E-state index contributed by atoms with van der Waals surface area (Å²) in [5.74, 6) is 2.51. The van der Waals surface area contributed by atoms with Crippen LogP contribution in [0.1, 0.15) is 6.92 Å². The number of aromatic nitrogens is 2. The zero-order valence-electron chi connectivity index (χ0n) is 23.7. The predicted octanol–water partition coefficient (Wildman–Crippen LogP) is 2.17. The van der Waals surface area contributed by atoms with Gasteiger partial charge in [0.2, 0.25) is 11.8 Å². The molecule has 0 saturated carbocycles. The minimum atomic E-state index is -0.288. The van der Waals surface area contributed by atoms with Gasteiger partial charge in [-0.05, 0) is 37.3 Å². The van der Waals surface area contributed by atoms with Crippen LogP contribution in [0.3, 0.4) is 0 Å². The molecule has 3 atom stereocenters. The second-order valence-corrected chi connectivity index (χ2v) is 10.5. The van der Waals surface area contributed by atoms with Gasteiger partial charge in [0.15, 0.2) is 35.2 Å². The van der Waals surface area contributed by atoms with Crippen LogP contribution in [0.2, 0.25) is 0 Å². The summed E-state index contributed by atoms with van der Waals surface area (Å²) < 4.78 is 25.5. The van der Waals surface area contributed by atoms with Crippen molar-refractivity contribution in [3.63, 3.8) is 0 Å². The van der Waals surface area contributed by atoms with E-state index < -0.39 is 0 Å². The summed E-state index contributed by atoms with van der Waals surface area (Å²) in [5.41, 5.74) is 0. The smallest absolute Gasteiger partial charge is 0.236 e. The average Bonchev–Trinajstić information content (AvgIpc) is 3.49. The highest BCUT2D eigenvalue weighted by Crippen LogP contribution is 2.32. The van der Waals surface area contributed by atoms with Crippen LogP contribution in [-0.2, 0) is 16.1 Å². The summed E-state index contributed by atoms with van der Waals surface area (Å²) in [6.07, 6.45) is 3.00. The highest BCUT2D eigenvalue weighted by atomic mass is 16.6. The molecule has 0 spiro atoms. The van der Waals surface area contributed by atoms with E-state index in [1.54, 1.807) is 34.8 Å². The van der Waals surface area contributed by atoms with Gasteiger partial charge >= 0.3 is 0 Å². The van der Waals surface area contributed by atoms with E-state index in [1.165, 1.54) is 0 Å². The number of hydrogen-bond donors (Lipinski definition) is 0. The number of hydrogen-bond acceptors (Lipinski definition) is 8. The molecule has 3 heterocycles. The van der Waals surface area contributed by atoms with Gasteiger partial charge in [-0.1, -0.05) is 24.3 Å². The maximum atomic E-state index is 13.4. The van der Waals surface area contributed by atoms with Gasteiger partial charge in [-0.3, -0.25) is 19.2 Å². The second kappa shape index (κ2) is 12.9. The molecule has 0 radical (unpaired) electrons. The molecule has 0 fully saturated rings. The van der Waals surface area contributed by atoms with Gasteiger partial charge in [0.1, 0.15) is 13.2 Å². The van der Waals surface area contributed by atoms with Crippen molar-refractivity contribution in [2.75, 3.05) is 53.5 Å². The van der Waals surface area contributed by atoms with E-state index in [-0.39, 0.29) is 43.2 Å². The summed E-state index contributed by atoms with van der Waals surface area (Å²) in [4.78, 5) is 31.9. The second-order valence-electron chi connectivity index (χ2n) is 10.5. The quantitative estimate of drug-likeness (QED) is 0.350. The summed E-state index contributed by atoms with van der Waals surface area (Å²) >= 11 is 0. The molecule has 0 aliphatic carbocycles. The van der Waals surface area contributed by atoms with Crippen LogP contribution in [0.15, 0.2) is 67.0 Å². The fraction of sp³-hybridized carbons (Fsp3) is 0.433. The van der Waals surface area contributed by atoms with Crippen molar-refractivity contribution in [3.8, 4) is 23.0 Å². The number of rotatable bonds is 11. The Morgan fingerprint density at radius 1 is 0.829 bits per heavy atom. The van der Waals surface area contributed by atoms with Gasteiger partial charge in [-0.2, -0.15) is 5.10 Å². The standard InChI is InChI=1S/C30H37N5O6/c1-22(15-35-14-8-13-31-35)34(18-29(36)32(2)16-23-20-38-25-9-4-6-11-27(25)40-23)19-30(37)33(3)17-24-21-39-26-10-5-7-12-28(26)41-24/h4-14,22-24H,15-21H2,1-3H3/t22-,23+,24+/m1/s1. The first-order chi connectivity index (χ1) is 19.9. The van der Waals surface area contributed by atoms with Crippen molar-refractivity contribution in [1.29, 1.82) is 0 Å². The molecule has 0 saturated heterocycles. The van der Waals surface area contributed by atoms with E-state index in [2.05, 4.69) is 5.10 Å². The van der Waals surface area contributed by atoms with Crippen molar-refractivity contribution in [2.45, 2.75) is 31.7 Å². The monoisotopic (exact) mass is 563 g/mol. The lowest BCUT2D eigenvalue weighted by Gasteiger charge is -2.34. The summed E-state index contributed by atoms with van der Waals surface area (Å²) in [6, 6.07) is 16.7. The fourth-order valence-electron chi connectivity index (χ4n) is 4.87. The fourth-order valence-corrected chi connectivity index (χ4v) is 4.87. The first-order valence-corrected chi connectivity index (χ1v) is 13.8. The Labute approximate surface area is 240 Å². The minimum absolute atomic E-state index is 0.0685. The van der Waals surface area contributed by atoms with Crippen LogP contribution in [0.5, 0.6) is 23.0 Å². The van der Waals surface area contributed by atoms with Crippen molar-refractivity contribution >= 4 is 11.8 Å². The SMILES string of the molecule is C[C@H](Cn1cccn1)N(CC(=O)N(C)C[C@H]1COc2ccccc2O1)CC(=O)N(C)C[C@H]1COc2ccccc2O1. The minimum Gasteiger partial charge on any atom is -0.486 e. The largest absolute Gasteiger partial charge is 0.486 e. The van der Waals surface area contributed by atoms with Crippen LogP contribution in [0.4, 0.5) is 0 Å².